The molecule has 1 heterocycles. The molecule has 0 aliphatic rings. The SMILES string of the molecule is CC(=Cc1ccc(Cl)cc1)C(=O)N(C)Cc1cnn(C)c1. The van der Waals surface area contributed by atoms with E-state index < -0.39 is 0 Å². The van der Waals surface area contributed by atoms with E-state index in [0.29, 0.717) is 17.1 Å². The van der Waals surface area contributed by atoms with E-state index in [0.717, 1.165) is 11.1 Å². The topological polar surface area (TPSA) is 38.1 Å². The molecule has 0 unspecified atom stereocenters. The Labute approximate surface area is 129 Å². The van der Waals surface area contributed by atoms with E-state index in [1.165, 1.54) is 0 Å². The Morgan fingerprint density at radius 2 is 2.05 bits per heavy atom. The zero-order chi connectivity index (χ0) is 15.4. The van der Waals surface area contributed by atoms with Crippen LogP contribution in [0.1, 0.15) is 18.1 Å². The Morgan fingerprint density at radius 3 is 2.62 bits per heavy atom. The molecule has 0 radical (unpaired) electrons. The summed E-state index contributed by atoms with van der Waals surface area (Å²) >= 11 is 5.85. The molecule has 0 aliphatic carbocycles. The quantitative estimate of drug-likeness (QED) is 0.814. The van der Waals surface area contributed by atoms with E-state index >= 15 is 0 Å². The first-order chi connectivity index (χ1) is 9.95. The number of aryl methyl sites for hydroxylation is 1. The molecule has 5 heteroatoms. The summed E-state index contributed by atoms with van der Waals surface area (Å²) in [4.78, 5) is 14.0. The van der Waals surface area contributed by atoms with Gasteiger partial charge < -0.3 is 4.90 Å². The summed E-state index contributed by atoms with van der Waals surface area (Å²) in [5.41, 5.74) is 2.65. The molecule has 4 nitrogen and oxygen atoms in total. The molecule has 0 fully saturated rings. The molecule has 110 valence electrons. The maximum atomic E-state index is 12.3. The molecule has 0 atom stereocenters. The number of hydrogen-bond acceptors (Lipinski definition) is 2. The van der Waals surface area contributed by atoms with Crippen molar-refractivity contribution < 1.29 is 4.79 Å². The largest absolute Gasteiger partial charge is 0.338 e. The Bertz CT molecular complexity index is 658. The Kier molecular flexibility index (Phi) is 4.81. The lowest BCUT2D eigenvalue weighted by Crippen LogP contribution is -2.26. The molecular weight excluding hydrogens is 286 g/mol. The van der Waals surface area contributed by atoms with Gasteiger partial charge in [0.15, 0.2) is 0 Å². The van der Waals surface area contributed by atoms with E-state index in [-0.39, 0.29) is 5.91 Å². The third-order valence-corrected chi connectivity index (χ3v) is 3.37. The van der Waals surface area contributed by atoms with Crippen molar-refractivity contribution in [3.8, 4) is 0 Å². The number of amides is 1. The molecule has 0 N–H and O–H groups in total. The maximum absolute atomic E-state index is 12.3. The number of aromatic nitrogens is 2. The van der Waals surface area contributed by atoms with Crippen LogP contribution in [0.3, 0.4) is 0 Å². The molecule has 1 amide bonds. The minimum absolute atomic E-state index is 0.00574. The summed E-state index contributed by atoms with van der Waals surface area (Å²) in [6.07, 6.45) is 5.53. The van der Waals surface area contributed by atoms with Gasteiger partial charge in [-0.25, -0.2) is 0 Å². The number of benzene rings is 1. The lowest BCUT2D eigenvalue weighted by atomic mass is 10.1. The van der Waals surface area contributed by atoms with Crippen LogP contribution in [0.25, 0.3) is 6.08 Å². The van der Waals surface area contributed by atoms with E-state index in [1.54, 1.807) is 22.8 Å². The first kappa shape index (κ1) is 15.3. The van der Waals surface area contributed by atoms with Gasteiger partial charge in [-0.15, -0.1) is 0 Å². The number of carbonyl (C=O) groups excluding carboxylic acids is 1. The second-order valence-corrected chi connectivity index (χ2v) is 5.50. The minimum Gasteiger partial charge on any atom is -0.338 e. The summed E-state index contributed by atoms with van der Waals surface area (Å²) < 4.78 is 1.73. The number of carbonyl (C=O) groups is 1. The van der Waals surface area contributed by atoms with Gasteiger partial charge in [-0.2, -0.15) is 5.10 Å². The average Bonchev–Trinajstić information content (AvgIpc) is 2.85. The fraction of sp³-hybridized carbons (Fsp3) is 0.250. The lowest BCUT2D eigenvalue weighted by Gasteiger charge is -2.16. The fourth-order valence-electron chi connectivity index (χ4n) is 2.07. The van der Waals surface area contributed by atoms with Crippen LogP contribution in [-0.4, -0.2) is 27.6 Å². The predicted octanol–water partition coefficient (Wildman–Crippen LogP) is 3.14. The average molecular weight is 304 g/mol. The van der Waals surface area contributed by atoms with Crippen LogP contribution >= 0.6 is 11.6 Å². The van der Waals surface area contributed by atoms with Crippen molar-refractivity contribution in [2.75, 3.05) is 7.05 Å². The summed E-state index contributed by atoms with van der Waals surface area (Å²) in [6.45, 7) is 2.36. The molecule has 1 aromatic heterocycles. The number of halogens is 1. The summed E-state index contributed by atoms with van der Waals surface area (Å²) in [5.74, 6) is -0.00574. The smallest absolute Gasteiger partial charge is 0.249 e. The van der Waals surface area contributed by atoms with Gasteiger partial charge in [-0.05, 0) is 30.7 Å². The molecule has 0 spiro atoms. The van der Waals surface area contributed by atoms with Gasteiger partial charge in [0.05, 0.1) is 6.20 Å². The van der Waals surface area contributed by atoms with Gasteiger partial charge in [0.1, 0.15) is 0 Å². The Morgan fingerprint density at radius 1 is 1.38 bits per heavy atom. The van der Waals surface area contributed by atoms with E-state index in [1.807, 2.05) is 50.5 Å². The van der Waals surface area contributed by atoms with Gasteiger partial charge in [-0.3, -0.25) is 9.48 Å². The number of likely N-dealkylation sites (N-methyl/N-ethyl adjacent to an activating group) is 1. The van der Waals surface area contributed by atoms with Crippen molar-refractivity contribution in [1.82, 2.24) is 14.7 Å². The highest BCUT2D eigenvalue weighted by Gasteiger charge is 2.12. The monoisotopic (exact) mass is 303 g/mol. The van der Waals surface area contributed by atoms with Crippen LogP contribution in [0, 0.1) is 0 Å². The molecule has 2 aromatic rings. The van der Waals surface area contributed by atoms with Crippen molar-refractivity contribution in [2.24, 2.45) is 7.05 Å². The van der Waals surface area contributed by atoms with Crippen molar-refractivity contribution in [3.05, 3.63) is 58.4 Å². The first-order valence-electron chi connectivity index (χ1n) is 6.62. The zero-order valence-corrected chi connectivity index (χ0v) is 13.1. The van der Waals surface area contributed by atoms with Crippen molar-refractivity contribution in [1.29, 1.82) is 0 Å². The standard InChI is InChI=1S/C16H18ClN3O/c1-12(8-13-4-6-15(17)7-5-13)16(21)19(2)10-14-9-18-20(3)11-14/h4-9,11H,10H2,1-3H3. The molecular formula is C16H18ClN3O. The minimum atomic E-state index is -0.00574. The summed E-state index contributed by atoms with van der Waals surface area (Å²) in [7, 11) is 3.64. The fourth-order valence-corrected chi connectivity index (χ4v) is 2.20. The second-order valence-electron chi connectivity index (χ2n) is 5.06. The summed E-state index contributed by atoms with van der Waals surface area (Å²) in [6, 6.07) is 7.40. The molecule has 1 aromatic carbocycles. The third kappa shape index (κ3) is 4.20. The third-order valence-electron chi connectivity index (χ3n) is 3.12. The molecule has 0 saturated carbocycles. The van der Waals surface area contributed by atoms with Gasteiger partial charge in [0.2, 0.25) is 5.91 Å². The molecule has 0 saturated heterocycles. The first-order valence-corrected chi connectivity index (χ1v) is 7.00. The van der Waals surface area contributed by atoms with Crippen LogP contribution in [0.5, 0.6) is 0 Å². The van der Waals surface area contributed by atoms with Crippen LogP contribution in [0.2, 0.25) is 5.02 Å². The van der Waals surface area contributed by atoms with Gasteiger partial charge in [0.25, 0.3) is 0 Å². The van der Waals surface area contributed by atoms with Gasteiger partial charge in [-0.1, -0.05) is 23.7 Å². The van der Waals surface area contributed by atoms with Crippen LogP contribution in [0.4, 0.5) is 0 Å². The molecule has 0 bridgehead atoms. The number of nitrogens with zero attached hydrogens (tertiary/aromatic N) is 3. The lowest BCUT2D eigenvalue weighted by molar-refractivity contribution is -0.126. The highest BCUT2D eigenvalue weighted by Crippen LogP contribution is 2.14. The molecule has 0 aliphatic heterocycles. The number of hydrogen-bond donors (Lipinski definition) is 0. The second kappa shape index (κ2) is 6.59. The van der Waals surface area contributed by atoms with E-state index in [2.05, 4.69) is 5.10 Å². The van der Waals surface area contributed by atoms with Crippen LogP contribution in [-0.2, 0) is 18.4 Å². The van der Waals surface area contributed by atoms with Gasteiger partial charge >= 0.3 is 0 Å². The highest BCUT2D eigenvalue weighted by molar-refractivity contribution is 6.30. The normalized spacial score (nSPS) is 11.5. The zero-order valence-electron chi connectivity index (χ0n) is 12.4. The van der Waals surface area contributed by atoms with Crippen LogP contribution in [0.15, 0.2) is 42.2 Å². The highest BCUT2D eigenvalue weighted by atomic mass is 35.5. The van der Waals surface area contributed by atoms with Crippen molar-refractivity contribution in [2.45, 2.75) is 13.5 Å². The van der Waals surface area contributed by atoms with E-state index in [4.69, 9.17) is 11.6 Å². The maximum Gasteiger partial charge on any atom is 0.249 e. The van der Waals surface area contributed by atoms with Gasteiger partial charge in [0, 0.05) is 43.0 Å². The Hall–Kier alpha value is -2.07. The summed E-state index contributed by atoms with van der Waals surface area (Å²) in [5, 5.41) is 4.79. The molecule has 2 rings (SSSR count). The van der Waals surface area contributed by atoms with Crippen molar-refractivity contribution >= 4 is 23.6 Å². The van der Waals surface area contributed by atoms with Crippen molar-refractivity contribution in [3.63, 3.8) is 0 Å². The Balaban J connectivity index is 2.05. The molecule has 21 heavy (non-hydrogen) atoms. The van der Waals surface area contributed by atoms with E-state index in [9.17, 15) is 4.79 Å². The van der Waals surface area contributed by atoms with Crippen LogP contribution < -0.4 is 0 Å². The predicted molar refractivity (Wildman–Crippen MR) is 84.8 cm³/mol. The number of rotatable bonds is 4.